The summed E-state index contributed by atoms with van der Waals surface area (Å²) in [7, 11) is 0. The molecular weight excluding hydrogens is 230 g/mol. The number of nitrogens with zero attached hydrogens (tertiary/aromatic N) is 3. The van der Waals surface area contributed by atoms with E-state index in [2.05, 4.69) is 32.2 Å². The highest BCUT2D eigenvalue weighted by Gasteiger charge is 2.05. The molecule has 64 valence electrons. The summed E-state index contributed by atoms with van der Waals surface area (Å²) < 4.78 is 2.66. The van der Waals surface area contributed by atoms with Crippen LogP contribution in [0.25, 0.3) is 11.0 Å². The molecule has 4 heteroatoms. The first-order valence-corrected chi connectivity index (χ1v) is 4.53. The highest BCUT2D eigenvalue weighted by Crippen LogP contribution is 2.21. The molecule has 3 nitrogen and oxygen atoms in total. The largest absolute Gasteiger partial charge is 0.232 e. The van der Waals surface area contributed by atoms with Crippen molar-refractivity contribution in [3.05, 3.63) is 22.7 Å². The monoisotopic (exact) mass is 235 g/mol. The Labute approximate surface area is 83.9 Å². The number of rotatable bonds is 1. The Bertz CT molecular complexity index is 481. The molecule has 0 unspecified atom stereocenters. The molecule has 1 heterocycles. The maximum atomic E-state index is 5.21. The zero-order chi connectivity index (χ0) is 9.26. The van der Waals surface area contributed by atoms with Crippen LogP contribution in [-0.4, -0.2) is 15.0 Å². The topological polar surface area (TPSA) is 30.7 Å². The smallest absolute Gasteiger partial charge is 0.114 e. The SMILES string of the molecule is C#CCn1nnc2cccc(Br)c21. The fourth-order valence-corrected chi connectivity index (χ4v) is 1.74. The van der Waals surface area contributed by atoms with Gasteiger partial charge in [0.2, 0.25) is 0 Å². The van der Waals surface area contributed by atoms with Crippen LogP contribution in [0.2, 0.25) is 0 Å². The normalized spacial score (nSPS) is 10.2. The standard InChI is InChI=1S/C9H6BrN3/c1-2-6-13-9-7(10)4-3-5-8(9)11-12-13/h1,3-5H,6H2. The van der Waals surface area contributed by atoms with Gasteiger partial charge in [0.1, 0.15) is 17.6 Å². The minimum Gasteiger partial charge on any atom is -0.232 e. The van der Waals surface area contributed by atoms with Gasteiger partial charge in [0, 0.05) is 4.47 Å². The fraction of sp³-hybridized carbons (Fsp3) is 0.111. The number of halogens is 1. The summed E-state index contributed by atoms with van der Waals surface area (Å²) in [4.78, 5) is 0. The van der Waals surface area contributed by atoms with Gasteiger partial charge in [-0.3, -0.25) is 0 Å². The van der Waals surface area contributed by atoms with Crippen molar-refractivity contribution in [2.45, 2.75) is 6.54 Å². The minimum atomic E-state index is 0.444. The van der Waals surface area contributed by atoms with Crippen LogP contribution in [0.3, 0.4) is 0 Å². The Balaban J connectivity index is 2.73. The molecule has 0 amide bonds. The second-order valence-corrected chi connectivity index (χ2v) is 3.41. The van der Waals surface area contributed by atoms with Gasteiger partial charge in [-0.2, -0.15) is 0 Å². The van der Waals surface area contributed by atoms with E-state index < -0.39 is 0 Å². The minimum absolute atomic E-state index is 0.444. The molecule has 13 heavy (non-hydrogen) atoms. The molecule has 0 saturated carbocycles. The maximum Gasteiger partial charge on any atom is 0.114 e. The van der Waals surface area contributed by atoms with Crippen molar-refractivity contribution in [2.24, 2.45) is 0 Å². The van der Waals surface area contributed by atoms with Crippen LogP contribution in [0, 0.1) is 12.3 Å². The van der Waals surface area contributed by atoms with E-state index in [4.69, 9.17) is 6.42 Å². The summed E-state index contributed by atoms with van der Waals surface area (Å²) in [6.45, 7) is 0.444. The molecule has 2 aromatic rings. The summed E-state index contributed by atoms with van der Waals surface area (Å²) in [5.74, 6) is 2.53. The van der Waals surface area contributed by atoms with Crippen molar-refractivity contribution >= 4 is 27.0 Å². The van der Waals surface area contributed by atoms with Gasteiger partial charge >= 0.3 is 0 Å². The molecule has 0 N–H and O–H groups in total. The lowest BCUT2D eigenvalue weighted by Gasteiger charge is -1.97. The van der Waals surface area contributed by atoms with Crippen LogP contribution in [0.4, 0.5) is 0 Å². The fourth-order valence-electron chi connectivity index (χ4n) is 1.18. The van der Waals surface area contributed by atoms with E-state index in [1.54, 1.807) is 4.68 Å². The van der Waals surface area contributed by atoms with E-state index in [-0.39, 0.29) is 0 Å². The van der Waals surface area contributed by atoms with Crippen molar-refractivity contribution in [3.8, 4) is 12.3 Å². The molecular formula is C9H6BrN3. The van der Waals surface area contributed by atoms with Gasteiger partial charge in [0.15, 0.2) is 0 Å². The zero-order valence-corrected chi connectivity index (χ0v) is 8.32. The van der Waals surface area contributed by atoms with Crippen molar-refractivity contribution in [1.29, 1.82) is 0 Å². The van der Waals surface area contributed by atoms with Crippen molar-refractivity contribution in [2.75, 3.05) is 0 Å². The van der Waals surface area contributed by atoms with Gasteiger partial charge in [-0.15, -0.1) is 11.5 Å². The first kappa shape index (κ1) is 8.27. The third-order valence-electron chi connectivity index (χ3n) is 1.73. The predicted octanol–water partition coefficient (Wildman–Crippen LogP) is 1.83. The molecule has 0 aliphatic heterocycles. The first-order valence-electron chi connectivity index (χ1n) is 3.74. The lowest BCUT2D eigenvalue weighted by Crippen LogP contribution is -1.97. The van der Waals surface area contributed by atoms with E-state index in [1.807, 2.05) is 18.2 Å². The third-order valence-corrected chi connectivity index (χ3v) is 2.36. The molecule has 0 radical (unpaired) electrons. The number of aromatic nitrogens is 3. The van der Waals surface area contributed by atoms with Crippen LogP contribution in [0.1, 0.15) is 0 Å². The van der Waals surface area contributed by atoms with Gasteiger partial charge in [-0.05, 0) is 28.1 Å². The summed E-state index contributed by atoms with van der Waals surface area (Å²) in [6, 6.07) is 5.76. The summed E-state index contributed by atoms with van der Waals surface area (Å²) in [6.07, 6.45) is 5.21. The van der Waals surface area contributed by atoms with Gasteiger partial charge in [0.05, 0.1) is 0 Å². The first-order chi connectivity index (χ1) is 6.33. The average molecular weight is 236 g/mol. The summed E-state index contributed by atoms with van der Waals surface area (Å²) >= 11 is 3.43. The Morgan fingerprint density at radius 2 is 2.38 bits per heavy atom. The van der Waals surface area contributed by atoms with Crippen LogP contribution in [-0.2, 0) is 6.54 Å². The van der Waals surface area contributed by atoms with Crippen molar-refractivity contribution < 1.29 is 0 Å². The number of benzene rings is 1. The molecule has 0 atom stereocenters. The van der Waals surface area contributed by atoms with Crippen molar-refractivity contribution in [3.63, 3.8) is 0 Å². The Morgan fingerprint density at radius 3 is 3.15 bits per heavy atom. The third kappa shape index (κ3) is 1.31. The molecule has 1 aromatic heterocycles. The molecule has 0 spiro atoms. The number of hydrogen-bond acceptors (Lipinski definition) is 2. The van der Waals surface area contributed by atoms with E-state index in [9.17, 15) is 0 Å². The van der Waals surface area contributed by atoms with E-state index >= 15 is 0 Å². The molecule has 0 fully saturated rings. The quantitative estimate of drug-likeness (QED) is 0.707. The number of terminal acetylenes is 1. The predicted molar refractivity (Wildman–Crippen MR) is 54.1 cm³/mol. The Morgan fingerprint density at radius 1 is 1.54 bits per heavy atom. The number of para-hydroxylation sites is 1. The van der Waals surface area contributed by atoms with E-state index in [0.717, 1.165) is 15.5 Å². The molecule has 0 aliphatic carbocycles. The zero-order valence-electron chi connectivity index (χ0n) is 6.74. The summed E-state index contributed by atoms with van der Waals surface area (Å²) in [5.41, 5.74) is 1.80. The number of hydrogen-bond donors (Lipinski definition) is 0. The average Bonchev–Trinajstić information content (AvgIpc) is 2.51. The number of fused-ring (bicyclic) bond motifs is 1. The van der Waals surface area contributed by atoms with Crippen LogP contribution in [0.15, 0.2) is 22.7 Å². The van der Waals surface area contributed by atoms with Gasteiger partial charge < -0.3 is 0 Å². The summed E-state index contributed by atoms with van der Waals surface area (Å²) in [5, 5.41) is 7.93. The Hall–Kier alpha value is -1.34. The lowest BCUT2D eigenvalue weighted by molar-refractivity contribution is 0.693. The highest BCUT2D eigenvalue weighted by atomic mass is 79.9. The molecule has 0 bridgehead atoms. The molecule has 2 rings (SSSR count). The molecule has 0 aliphatic rings. The molecule has 1 aromatic carbocycles. The lowest BCUT2D eigenvalue weighted by atomic mass is 10.3. The molecule has 0 saturated heterocycles. The van der Waals surface area contributed by atoms with Crippen LogP contribution in [0.5, 0.6) is 0 Å². The Kier molecular flexibility index (Phi) is 2.03. The van der Waals surface area contributed by atoms with Crippen LogP contribution < -0.4 is 0 Å². The van der Waals surface area contributed by atoms with Gasteiger partial charge in [-0.25, -0.2) is 4.68 Å². The maximum absolute atomic E-state index is 5.21. The second-order valence-electron chi connectivity index (χ2n) is 2.56. The van der Waals surface area contributed by atoms with Crippen LogP contribution >= 0.6 is 15.9 Å². The van der Waals surface area contributed by atoms with E-state index in [1.165, 1.54) is 0 Å². The highest BCUT2D eigenvalue weighted by molar-refractivity contribution is 9.10. The van der Waals surface area contributed by atoms with Gasteiger partial charge in [-0.1, -0.05) is 17.2 Å². The second kappa shape index (κ2) is 3.19. The van der Waals surface area contributed by atoms with Gasteiger partial charge in [0.25, 0.3) is 0 Å². The van der Waals surface area contributed by atoms with Crippen molar-refractivity contribution in [1.82, 2.24) is 15.0 Å². The van der Waals surface area contributed by atoms with E-state index in [0.29, 0.717) is 6.54 Å².